The van der Waals surface area contributed by atoms with Gasteiger partial charge in [-0.05, 0) is 70.3 Å². The summed E-state index contributed by atoms with van der Waals surface area (Å²) < 4.78 is 16.5. The highest BCUT2D eigenvalue weighted by molar-refractivity contribution is 6.06. The van der Waals surface area contributed by atoms with E-state index in [2.05, 4.69) is 12.2 Å². The molecule has 9 heteroatoms. The van der Waals surface area contributed by atoms with Gasteiger partial charge in [-0.1, -0.05) is 19.1 Å². The molecule has 0 saturated carbocycles. The summed E-state index contributed by atoms with van der Waals surface area (Å²) in [7, 11) is 5.46. The van der Waals surface area contributed by atoms with E-state index in [0.29, 0.717) is 43.3 Å². The van der Waals surface area contributed by atoms with Crippen molar-refractivity contribution in [3.63, 3.8) is 0 Å². The largest absolute Gasteiger partial charge is 0.493 e. The van der Waals surface area contributed by atoms with Gasteiger partial charge in [0.2, 0.25) is 5.91 Å². The molecule has 1 heterocycles. The second-order valence-electron chi connectivity index (χ2n) is 9.34. The van der Waals surface area contributed by atoms with E-state index in [1.165, 1.54) is 5.01 Å². The molecule has 2 amide bonds. The summed E-state index contributed by atoms with van der Waals surface area (Å²) in [4.78, 5) is 27.0. The van der Waals surface area contributed by atoms with Crippen LogP contribution in [0.1, 0.15) is 44.7 Å². The number of likely N-dealkylation sites (N-methyl/N-ethyl adjacent to an activating group) is 1. The maximum atomic E-state index is 12.9. The molecule has 0 fully saturated rings. The van der Waals surface area contributed by atoms with E-state index >= 15 is 0 Å². The molecule has 0 aromatic heterocycles. The van der Waals surface area contributed by atoms with E-state index < -0.39 is 6.09 Å². The molecule has 2 atom stereocenters. The van der Waals surface area contributed by atoms with Crippen LogP contribution in [0, 0.1) is 5.92 Å². The Bertz CT molecular complexity index is 1100. The fraction of sp³-hybridized carbons (Fsp3) is 0.464. The maximum Gasteiger partial charge on any atom is 0.411 e. The minimum absolute atomic E-state index is 0.0187. The molecule has 2 aromatic carbocycles. The summed E-state index contributed by atoms with van der Waals surface area (Å²) in [5, 5.41) is 9.04. The van der Waals surface area contributed by atoms with Crippen LogP contribution in [0.3, 0.4) is 0 Å². The van der Waals surface area contributed by atoms with Crippen LogP contribution in [0.4, 0.5) is 10.5 Å². The standard InChI is InChI=1S/C28H38N4O5/c1-7-21-16-26(33)32(30-27(21)22-11-14-24(35-6)25(15-22)36-8-2)18-20-9-12-23(13-10-20)29-28(34)37-19(3)17-31(4)5/h9-15,19,21H,7-8,16-18H2,1-6H3,(H,29,34). The van der Waals surface area contributed by atoms with Gasteiger partial charge in [-0.15, -0.1) is 0 Å². The van der Waals surface area contributed by atoms with Crippen LogP contribution in [0.2, 0.25) is 0 Å². The number of carbonyl (C=O) groups is 2. The van der Waals surface area contributed by atoms with Gasteiger partial charge >= 0.3 is 6.09 Å². The Balaban J connectivity index is 1.73. The molecule has 1 aliphatic heterocycles. The molecule has 1 aliphatic rings. The molecular formula is C28H38N4O5. The van der Waals surface area contributed by atoms with E-state index in [-0.39, 0.29) is 17.9 Å². The Kier molecular flexibility index (Phi) is 9.91. The Labute approximate surface area is 219 Å². The maximum absolute atomic E-state index is 12.9. The predicted octanol–water partition coefficient (Wildman–Crippen LogP) is 4.76. The first-order chi connectivity index (χ1) is 17.7. The third-order valence-electron chi connectivity index (χ3n) is 6.04. The van der Waals surface area contributed by atoms with Gasteiger partial charge in [0, 0.05) is 30.1 Å². The molecule has 200 valence electrons. The van der Waals surface area contributed by atoms with Crippen molar-refractivity contribution < 1.29 is 23.8 Å². The highest BCUT2D eigenvalue weighted by atomic mass is 16.6. The number of benzene rings is 2. The topological polar surface area (TPSA) is 92.7 Å². The van der Waals surface area contributed by atoms with E-state index in [0.717, 1.165) is 23.3 Å². The van der Waals surface area contributed by atoms with E-state index in [9.17, 15) is 9.59 Å². The van der Waals surface area contributed by atoms with Gasteiger partial charge < -0.3 is 19.1 Å². The minimum Gasteiger partial charge on any atom is -0.493 e. The highest BCUT2D eigenvalue weighted by Crippen LogP contribution is 2.32. The molecule has 0 aliphatic carbocycles. The number of carbonyl (C=O) groups excluding carboxylic acids is 2. The van der Waals surface area contributed by atoms with Crippen LogP contribution < -0.4 is 14.8 Å². The molecule has 9 nitrogen and oxygen atoms in total. The smallest absolute Gasteiger partial charge is 0.411 e. The molecule has 2 unspecified atom stereocenters. The average Bonchev–Trinajstić information content (AvgIpc) is 2.85. The van der Waals surface area contributed by atoms with Gasteiger partial charge in [-0.25, -0.2) is 9.80 Å². The van der Waals surface area contributed by atoms with E-state index in [1.807, 2.05) is 63.2 Å². The second kappa shape index (κ2) is 13.1. The zero-order valence-electron chi connectivity index (χ0n) is 22.6. The lowest BCUT2D eigenvalue weighted by molar-refractivity contribution is -0.133. The number of ether oxygens (including phenoxy) is 3. The molecule has 37 heavy (non-hydrogen) atoms. The molecule has 1 N–H and O–H groups in total. The fourth-order valence-electron chi connectivity index (χ4n) is 4.29. The van der Waals surface area contributed by atoms with Gasteiger partial charge in [-0.2, -0.15) is 5.10 Å². The van der Waals surface area contributed by atoms with Crippen molar-refractivity contribution in [1.29, 1.82) is 0 Å². The van der Waals surface area contributed by atoms with Crippen molar-refractivity contribution >= 4 is 23.4 Å². The first-order valence-electron chi connectivity index (χ1n) is 12.6. The SMILES string of the molecule is CCOc1cc(C2=NN(Cc3ccc(NC(=O)OC(C)CN(C)C)cc3)C(=O)CC2CC)ccc1OC. The number of hydrogen-bond donors (Lipinski definition) is 1. The number of nitrogens with one attached hydrogen (secondary N) is 1. The van der Waals surface area contributed by atoms with Crippen LogP contribution in [-0.4, -0.2) is 68.1 Å². The molecule has 2 aromatic rings. The molecule has 0 bridgehead atoms. The monoisotopic (exact) mass is 510 g/mol. The first-order valence-corrected chi connectivity index (χ1v) is 12.6. The summed E-state index contributed by atoms with van der Waals surface area (Å²) in [6.07, 6.45) is 0.466. The Morgan fingerprint density at radius 1 is 1.16 bits per heavy atom. The van der Waals surface area contributed by atoms with Crippen LogP contribution in [0.15, 0.2) is 47.6 Å². The number of amides is 2. The summed E-state index contributed by atoms with van der Waals surface area (Å²) in [6, 6.07) is 13.1. The van der Waals surface area contributed by atoms with Gasteiger partial charge in [0.15, 0.2) is 11.5 Å². The normalized spacial score (nSPS) is 16.3. The zero-order chi connectivity index (χ0) is 26.9. The first kappa shape index (κ1) is 28.0. The fourth-order valence-corrected chi connectivity index (χ4v) is 4.29. The van der Waals surface area contributed by atoms with Gasteiger partial charge in [-0.3, -0.25) is 10.1 Å². The van der Waals surface area contributed by atoms with Gasteiger partial charge in [0.05, 0.1) is 26.0 Å². The Hall–Kier alpha value is -3.59. The highest BCUT2D eigenvalue weighted by Gasteiger charge is 2.29. The van der Waals surface area contributed by atoms with Crippen molar-refractivity contribution in [2.24, 2.45) is 11.0 Å². The predicted molar refractivity (Wildman–Crippen MR) is 144 cm³/mol. The number of rotatable bonds is 11. The van der Waals surface area contributed by atoms with Crippen molar-refractivity contribution in [2.75, 3.05) is 39.7 Å². The third-order valence-corrected chi connectivity index (χ3v) is 6.04. The Morgan fingerprint density at radius 3 is 2.51 bits per heavy atom. The van der Waals surface area contributed by atoms with Gasteiger partial charge in [0.25, 0.3) is 0 Å². The zero-order valence-corrected chi connectivity index (χ0v) is 22.6. The minimum atomic E-state index is -0.501. The van der Waals surface area contributed by atoms with Crippen LogP contribution in [0.5, 0.6) is 11.5 Å². The molecule has 0 spiro atoms. The van der Waals surface area contributed by atoms with Crippen molar-refractivity contribution in [3.8, 4) is 11.5 Å². The van der Waals surface area contributed by atoms with Crippen molar-refractivity contribution in [2.45, 2.75) is 46.3 Å². The third kappa shape index (κ3) is 7.69. The summed E-state index contributed by atoms with van der Waals surface area (Å²) in [6.45, 7) is 7.33. The quantitative estimate of drug-likeness (QED) is 0.469. The van der Waals surface area contributed by atoms with Crippen LogP contribution in [-0.2, 0) is 16.1 Å². The number of nitrogens with zero attached hydrogens (tertiary/aromatic N) is 3. The van der Waals surface area contributed by atoms with Crippen molar-refractivity contribution in [1.82, 2.24) is 9.91 Å². The number of hydrogen-bond acceptors (Lipinski definition) is 7. The molecule has 0 radical (unpaired) electrons. The van der Waals surface area contributed by atoms with Crippen molar-refractivity contribution in [3.05, 3.63) is 53.6 Å². The summed E-state index contributed by atoms with van der Waals surface area (Å²) in [5.74, 6) is 1.32. The van der Waals surface area contributed by atoms with Crippen LogP contribution in [0.25, 0.3) is 0 Å². The lowest BCUT2D eigenvalue weighted by Gasteiger charge is -2.29. The summed E-state index contributed by atoms with van der Waals surface area (Å²) >= 11 is 0. The number of methoxy groups -OCH3 is 1. The average molecular weight is 511 g/mol. The van der Waals surface area contributed by atoms with Crippen LogP contribution >= 0.6 is 0 Å². The lowest BCUT2D eigenvalue weighted by Crippen LogP contribution is -2.36. The Morgan fingerprint density at radius 2 is 1.89 bits per heavy atom. The van der Waals surface area contributed by atoms with E-state index in [1.54, 1.807) is 19.2 Å². The van der Waals surface area contributed by atoms with Gasteiger partial charge in [0.1, 0.15) is 6.10 Å². The second-order valence-corrected chi connectivity index (χ2v) is 9.34. The molecule has 0 saturated heterocycles. The number of hydrazone groups is 1. The van der Waals surface area contributed by atoms with E-state index in [4.69, 9.17) is 19.3 Å². The number of anilines is 1. The molecular weight excluding hydrogens is 472 g/mol. The summed E-state index contributed by atoms with van der Waals surface area (Å²) in [5.41, 5.74) is 3.29. The lowest BCUT2D eigenvalue weighted by atomic mass is 9.89. The molecule has 3 rings (SSSR count).